The molecule has 0 saturated heterocycles. The SMILES string of the molecule is Cc1ccccc1C(C)Nc1c(C)c(Cl)nc2ncnn12. The summed E-state index contributed by atoms with van der Waals surface area (Å²) in [6.45, 7) is 6.13. The Kier molecular flexibility index (Phi) is 3.51. The quantitative estimate of drug-likeness (QED) is 0.751. The molecule has 1 atom stereocenters. The van der Waals surface area contributed by atoms with Crippen LogP contribution in [0.25, 0.3) is 5.78 Å². The van der Waals surface area contributed by atoms with E-state index in [0.717, 1.165) is 11.4 Å². The lowest BCUT2D eigenvalue weighted by atomic mass is 10.0. The highest BCUT2D eigenvalue weighted by Gasteiger charge is 2.15. The maximum Gasteiger partial charge on any atom is 0.255 e. The van der Waals surface area contributed by atoms with E-state index in [0.29, 0.717) is 10.9 Å². The summed E-state index contributed by atoms with van der Waals surface area (Å²) in [4.78, 5) is 8.30. The minimum absolute atomic E-state index is 0.121. The van der Waals surface area contributed by atoms with Crippen LogP contribution in [0.15, 0.2) is 30.6 Å². The summed E-state index contributed by atoms with van der Waals surface area (Å²) < 4.78 is 1.68. The summed E-state index contributed by atoms with van der Waals surface area (Å²) >= 11 is 6.18. The molecule has 2 aromatic heterocycles. The lowest BCUT2D eigenvalue weighted by Crippen LogP contribution is -2.13. The summed E-state index contributed by atoms with van der Waals surface area (Å²) in [5.74, 6) is 1.31. The number of benzene rings is 1. The maximum atomic E-state index is 6.18. The van der Waals surface area contributed by atoms with Gasteiger partial charge in [-0.05, 0) is 31.9 Å². The van der Waals surface area contributed by atoms with E-state index in [1.165, 1.54) is 17.5 Å². The molecule has 3 rings (SSSR count). The van der Waals surface area contributed by atoms with E-state index in [2.05, 4.69) is 46.4 Å². The molecule has 0 radical (unpaired) electrons. The lowest BCUT2D eigenvalue weighted by molar-refractivity contribution is 0.829. The minimum atomic E-state index is 0.121. The van der Waals surface area contributed by atoms with Gasteiger partial charge in [0.1, 0.15) is 17.3 Å². The Balaban J connectivity index is 2.04. The lowest BCUT2D eigenvalue weighted by Gasteiger charge is -2.19. The Bertz CT molecular complexity index is 796. The number of hydrogen-bond donors (Lipinski definition) is 1. The smallest absolute Gasteiger partial charge is 0.255 e. The number of halogens is 1. The summed E-state index contributed by atoms with van der Waals surface area (Å²) in [6.07, 6.45) is 1.47. The first kappa shape index (κ1) is 13.8. The van der Waals surface area contributed by atoms with Crippen molar-refractivity contribution >= 4 is 23.2 Å². The van der Waals surface area contributed by atoms with E-state index in [9.17, 15) is 0 Å². The van der Waals surface area contributed by atoms with Crippen LogP contribution in [0, 0.1) is 13.8 Å². The fourth-order valence-electron chi connectivity index (χ4n) is 2.42. The molecule has 0 spiro atoms. The molecule has 0 fully saturated rings. The van der Waals surface area contributed by atoms with Gasteiger partial charge in [0, 0.05) is 5.56 Å². The zero-order valence-corrected chi connectivity index (χ0v) is 12.9. The van der Waals surface area contributed by atoms with Crippen LogP contribution < -0.4 is 5.32 Å². The highest BCUT2D eigenvalue weighted by atomic mass is 35.5. The van der Waals surface area contributed by atoms with Gasteiger partial charge in [0.15, 0.2) is 0 Å². The van der Waals surface area contributed by atoms with Gasteiger partial charge in [-0.15, -0.1) is 0 Å². The molecule has 5 nitrogen and oxygen atoms in total. The molecule has 108 valence electrons. The fourth-order valence-corrected chi connectivity index (χ4v) is 2.59. The molecule has 1 unspecified atom stereocenters. The number of nitrogens with zero attached hydrogens (tertiary/aromatic N) is 4. The van der Waals surface area contributed by atoms with Gasteiger partial charge in [0.2, 0.25) is 0 Å². The normalized spacial score (nSPS) is 12.6. The number of rotatable bonds is 3. The molecule has 21 heavy (non-hydrogen) atoms. The molecule has 0 amide bonds. The Labute approximate surface area is 128 Å². The van der Waals surface area contributed by atoms with Crippen LogP contribution in [0.3, 0.4) is 0 Å². The highest BCUT2D eigenvalue weighted by Crippen LogP contribution is 2.27. The van der Waals surface area contributed by atoms with Crippen molar-refractivity contribution in [2.45, 2.75) is 26.8 Å². The standard InChI is InChI=1S/C15H16ClN5/c1-9-6-4-5-7-12(9)11(3)19-14-10(2)13(16)20-15-17-8-18-21(14)15/h4-8,11,19H,1-3H3. The van der Waals surface area contributed by atoms with Gasteiger partial charge in [-0.1, -0.05) is 35.9 Å². The van der Waals surface area contributed by atoms with E-state index in [4.69, 9.17) is 11.6 Å². The molecule has 0 aliphatic carbocycles. The third-order valence-electron chi connectivity index (χ3n) is 3.61. The largest absolute Gasteiger partial charge is 0.363 e. The Morgan fingerprint density at radius 1 is 1.24 bits per heavy atom. The first-order valence-electron chi connectivity index (χ1n) is 6.76. The van der Waals surface area contributed by atoms with Crippen LogP contribution in [-0.4, -0.2) is 19.6 Å². The van der Waals surface area contributed by atoms with Gasteiger partial charge in [-0.3, -0.25) is 0 Å². The number of fused-ring (bicyclic) bond motifs is 1. The second-order valence-electron chi connectivity index (χ2n) is 5.07. The van der Waals surface area contributed by atoms with Crippen molar-refractivity contribution < 1.29 is 0 Å². The van der Waals surface area contributed by atoms with Crippen molar-refractivity contribution in [3.8, 4) is 0 Å². The van der Waals surface area contributed by atoms with E-state index >= 15 is 0 Å². The van der Waals surface area contributed by atoms with Gasteiger partial charge in [-0.25, -0.2) is 0 Å². The van der Waals surface area contributed by atoms with Gasteiger partial charge < -0.3 is 5.32 Å². The predicted molar refractivity (Wildman–Crippen MR) is 83.7 cm³/mol. The van der Waals surface area contributed by atoms with E-state index < -0.39 is 0 Å². The zero-order valence-electron chi connectivity index (χ0n) is 12.1. The topological polar surface area (TPSA) is 55.1 Å². The Morgan fingerprint density at radius 2 is 2.00 bits per heavy atom. The van der Waals surface area contributed by atoms with Gasteiger partial charge in [-0.2, -0.15) is 19.6 Å². The molecule has 6 heteroatoms. The number of hydrogen-bond acceptors (Lipinski definition) is 4. The predicted octanol–water partition coefficient (Wildman–Crippen LogP) is 3.57. The van der Waals surface area contributed by atoms with Crippen LogP contribution in [0.5, 0.6) is 0 Å². The molecule has 2 heterocycles. The highest BCUT2D eigenvalue weighted by molar-refractivity contribution is 6.30. The van der Waals surface area contributed by atoms with Crippen LogP contribution in [0.2, 0.25) is 5.15 Å². The third kappa shape index (κ3) is 2.45. The number of aryl methyl sites for hydroxylation is 1. The minimum Gasteiger partial charge on any atom is -0.363 e. The van der Waals surface area contributed by atoms with Crippen molar-refractivity contribution in [3.63, 3.8) is 0 Å². The molecule has 0 aliphatic rings. The zero-order chi connectivity index (χ0) is 15.0. The van der Waals surface area contributed by atoms with Crippen molar-refractivity contribution in [2.75, 3.05) is 5.32 Å². The summed E-state index contributed by atoms with van der Waals surface area (Å²) in [5.41, 5.74) is 3.33. The molecule has 1 N–H and O–H groups in total. The number of aromatic nitrogens is 4. The van der Waals surface area contributed by atoms with E-state index in [-0.39, 0.29) is 6.04 Å². The third-order valence-corrected chi connectivity index (χ3v) is 3.98. The first-order chi connectivity index (χ1) is 10.1. The van der Waals surface area contributed by atoms with Crippen molar-refractivity contribution in [3.05, 3.63) is 52.4 Å². The number of nitrogens with one attached hydrogen (secondary N) is 1. The average molecular weight is 302 g/mol. The maximum absolute atomic E-state index is 6.18. The Morgan fingerprint density at radius 3 is 2.76 bits per heavy atom. The summed E-state index contributed by atoms with van der Waals surface area (Å²) in [7, 11) is 0. The molecule has 0 aliphatic heterocycles. The molecular weight excluding hydrogens is 286 g/mol. The van der Waals surface area contributed by atoms with E-state index in [1.54, 1.807) is 4.52 Å². The van der Waals surface area contributed by atoms with Crippen LogP contribution in [0.1, 0.15) is 29.7 Å². The summed E-state index contributed by atoms with van der Waals surface area (Å²) in [6, 6.07) is 8.42. The monoisotopic (exact) mass is 301 g/mol. The second kappa shape index (κ2) is 5.33. The van der Waals surface area contributed by atoms with Crippen LogP contribution >= 0.6 is 11.6 Å². The van der Waals surface area contributed by atoms with Crippen molar-refractivity contribution in [1.82, 2.24) is 19.6 Å². The molecule has 0 bridgehead atoms. The average Bonchev–Trinajstić information content (AvgIpc) is 2.92. The second-order valence-corrected chi connectivity index (χ2v) is 5.43. The molecular formula is C15H16ClN5. The first-order valence-corrected chi connectivity index (χ1v) is 7.13. The molecule has 1 aromatic carbocycles. The molecule has 0 saturated carbocycles. The van der Waals surface area contributed by atoms with Gasteiger partial charge in [0.25, 0.3) is 5.78 Å². The fraction of sp³-hybridized carbons (Fsp3) is 0.267. The molecule has 3 aromatic rings. The van der Waals surface area contributed by atoms with Crippen molar-refractivity contribution in [1.29, 1.82) is 0 Å². The van der Waals surface area contributed by atoms with Gasteiger partial charge >= 0.3 is 0 Å². The summed E-state index contributed by atoms with van der Waals surface area (Å²) in [5, 5.41) is 8.12. The van der Waals surface area contributed by atoms with Gasteiger partial charge in [0.05, 0.1) is 6.04 Å². The van der Waals surface area contributed by atoms with Crippen molar-refractivity contribution in [2.24, 2.45) is 0 Å². The number of anilines is 1. The Hall–Kier alpha value is -2.14. The van der Waals surface area contributed by atoms with Crippen LogP contribution in [0.4, 0.5) is 5.82 Å². The van der Waals surface area contributed by atoms with Crippen LogP contribution in [-0.2, 0) is 0 Å². The van der Waals surface area contributed by atoms with E-state index in [1.807, 2.05) is 19.1 Å².